The minimum atomic E-state index is 0.529. The highest BCUT2D eigenvalue weighted by atomic mass is 15.2. The lowest BCUT2D eigenvalue weighted by atomic mass is 10.1. The van der Waals surface area contributed by atoms with Crippen molar-refractivity contribution >= 4 is 17.5 Å². The zero-order valence-electron chi connectivity index (χ0n) is 17.0. The lowest BCUT2D eigenvalue weighted by Gasteiger charge is -2.18. The van der Waals surface area contributed by atoms with Crippen LogP contribution in [0.25, 0.3) is 11.3 Å². The van der Waals surface area contributed by atoms with Crippen molar-refractivity contribution in [3.8, 4) is 17.3 Å². The van der Waals surface area contributed by atoms with Gasteiger partial charge in [-0.1, -0.05) is 6.07 Å². The van der Waals surface area contributed by atoms with Crippen LogP contribution in [0.1, 0.15) is 29.5 Å². The maximum absolute atomic E-state index is 9.63. The second-order valence-corrected chi connectivity index (χ2v) is 7.95. The lowest BCUT2D eigenvalue weighted by Crippen LogP contribution is -2.20. The summed E-state index contributed by atoms with van der Waals surface area (Å²) in [7, 11) is 2.12. The fraction of sp³-hybridized carbons (Fsp3) is 0.304. The van der Waals surface area contributed by atoms with Gasteiger partial charge in [-0.25, -0.2) is 15.0 Å². The number of nitriles is 1. The van der Waals surface area contributed by atoms with Crippen LogP contribution in [0.3, 0.4) is 0 Å². The summed E-state index contributed by atoms with van der Waals surface area (Å²) in [4.78, 5) is 18.1. The summed E-state index contributed by atoms with van der Waals surface area (Å²) in [5.74, 6) is 1.30. The SMILES string of the molecule is CN1Cc2ccc(Nc3nccc(-c4cnc(N5CCCC5)c(C#N)c4)n3)cc2C1. The van der Waals surface area contributed by atoms with Gasteiger partial charge in [0.15, 0.2) is 0 Å². The average Bonchev–Trinajstić information content (AvgIpc) is 3.42. The summed E-state index contributed by atoms with van der Waals surface area (Å²) in [6, 6.07) is 12.4. The third-order valence-electron chi connectivity index (χ3n) is 5.69. The van der Waals surface area contributed by atoms with Crippen LogP contribution >= 0.6 is 0 Å². The number of nitrogens with one attached hydrogen (secondary N) is 1. The van der Waals surface area contributed by atoms with Gasteiger partial charge in [-0.2, -0.15) is 5.26 Å². The van der Waals surface area contributed by atoms with E-state index >= 15 is 0 Å². The Hall–Kier alpha value is -3.50. The molecule has 1 fully saturated rings. The predicted molar refractivity (Wildman–Crippen MR) is 116 cm³/mol. The van der Waals surface area contributed by atoms with E-state index in [-0.39, 0.29) is 0 Å². The van der Waals surface area contributed by atoms with Crippen LogP contribution < -0.4 is 10.2 Å². The van der Waals surface area contributed by atoms with Crippen LogP contribution in [-0.2, 0) is 13.1 Å². The van der Waals surface area contributed by atoms with Crippen LogP contribution in [0.2, 0.25) is 0 Å². The van der Waals surface area contributed by atoms with Crippen molar-refractivity contribution in [1.29, 1.82) is 5.26 Å². The number of hydrogen-bond acceptors (Lipinski definition) is 7. The van der Waals surface area contributed by atoms with E-state index in [2.05, 4.69) is 61.4 Å². The smallest absolute Gasteiger partial charge is 0.227 e. The van der Waals surface area contributed by atoms with Crippen molar-refractivity contribution < 1.29 is 0 Å². The van der Waals surface area contributed by atoms with Gasteiger partial charge < -0.3 is 10.2 Å². The Morgan fingerprint density at radius 2 is 1.87 bits per heavy atom. The van der Waals surface area contributed by atoms with E-state index in [4.69, 9.17) is 0 Å². The largest absolute Gasteiger partial charge is 0.356 e. The summed E-state index contributed by atoms with van der Waals surface area (Å²) in [6.45, 7) is 3.86. The predicted octanol–water partition coefficient (Wildman–Crippen LogP) is 3.70. The van der Waals surface area contributed by atoms with Gasteiger partial charge in [-0.05, 0) is 55.3 Å². The van der Waals surface area contributed by atoms with Crippen LogP contribution in [0.5, 0.6) is 0 Å². The Labute approximate surface area is 176 Å². The molecule has 0 saturated carbocycles. The van der Waals surface area contributed by atoms with Crippen LogP contribution in [0, 0.1) is 11.3 Å². The molecule has 0 radical (unpaired) electrons. The van der Waals surface area contributed by atoms with E-state index < -0.39 is 0 Å². The van der Waals surface area contributed by atoms with E-state index in [9.17, 15) is 5.26 Å². The number of aromatic nitrogens is 3. The normalized spacial score (nSPS) is 15.8. The number of hydrogen-bond donors (Lipinski definition) is 1. The van der Waals surface area contributed by atoms with Crippen molar-refractivity contribution in [2.24, 2.45) is 0 Å². The number of anilines is 3. The standard InChI is InChI=1S/C23H23N7/c1-29-14-16-4-5-20(11-19(16)15-29)27-23-25-7-6-21(28-23)18-10-17(12-24)22(26-13-18)30-8-2-3-9-30/h4-7,10-11,13H,2-3,8-9,14-15H2,1H3,(H,25,27,28). The number of benzene rings is 1. The first-order chi connectivity index (χ1) is 14.7. The molecular formula is C23H23N7. The molecule has 2 aliphatic heterocycles. The zero-order valence-corrected chi connectivity index (χ0v) is 17.0. The number of fused-ring (bicyclic) bond motifs is 1. The van der Waals surface area contributed by atoms with Crippen LogP contribution in [-0.4, -0.2) is 40.0 Å². The van der Waals surface area contributed by atoms with Crippen LogP contribution in [0.4, 0.5) is 17.5 Å². The Morgan fingerprint density at radius 3 is 2.70 bits per heavy atom. The van der Waals surface area contributed by atoms with Crippen molar-refractivity contribution in [2.75, 3.05) is 30.4 Å². The second-order valence-electron chi connectivity index (χ2n) is 7.95. The summed E-state index contributed by atoms with van der Waals surface area (Å²) in [5.41, 5.74) is 5.82. The lowest BCUT2D eigenvalue weighted by molar-refractivity contribution is 0.353. The van der Waals surface area contributed by atoms with E-state index in [0.717, 1.165) is 61.8 Å². The molecule has 30 heavy (non-hydrogen) atoms. The third-order valence-corrected chi connectivity index (χ3v) is 5.69. The molecule has 0 atom stereocenters. The van der Waals surface area contributed by atoms with Gasteiger partial charge in [-0.3, -0.25) is 4.90 Å². The Bertz CT molecular complexity index is 1130. The molecule has 0 aliphatic carbocycles. The summed E-state index contributed by atoms with van der Waals surface area (Å²) >= 11 is 0. The first kappa shape index (κ1) is 18.5. The topological polar surface area (TPSA) is 81.0 Å². The van der Waals surface area contributed by atoms with E-state index in [0.29, 0.717) is 11.5 Å². The monoisotopic (exact) mass is 397 g/mol. The number of rotatable bonds is 4. The van der Waals surface area contributed by atoms with Crippen molar-refractivity contribution in [3.63, 3.8) is 0 Å². The fourth-order valence-electron chi connectivity index (χ4n) is 4.21. The molecule has 2 aliphatic rings. The highest BCUT2D eigenvalue weighted by Crippen LogP contribution is 2.28. The molecule has 0 amide bonds. The first-order valence-corrected chi connectivity index (χ1v) is 10.3. The molecule has 7 heteroatoms. The molecule has 7 nitrogen and oxygen atoms in total. The number of pyridine rings is 1. The van der Waals surface area contributed by atoms with Gasteiger partial charge in [0.1, 0.15) is 11.9 Å². The Morgan fingerprint density at radius 1 is 1.03 bits per heavy atom. The summed E-state index contributed by atoms with van der Waals surface area (Å²) in [5, 5.41) is 12.9. The summed E-state index contributed by atoms with van der Waals surface area (Å²) < 4.78 is 0. The molecule has 0 bridgehead atoms. The molecule has 0 unspecified atom stereocenters. The zero-order chi connectivity index (χ0) is 20.5. The van der Waals surface area contributed by atoms with Gasteiger partial charge in [0.2, 0.25) is 5.95 Å². The maximum atomic E-state index is 9.63. The van der Waals surface area contributed by atoms with Gasteiger partial charge >= 0.3 is 0 Å². The first-order valence-electron chi connectivity index (χ1n) is 10.3. The Balaban J connectivity index is 1.40. The van der Waals surface area contributed by atoms with Gasteiger partial charge in [-0.15, -0.1) is 0 Å². The molecular weight excluding hydrogens is 374 g/mol. The minimum Gasteiger partial charge on any atom is -0.356 e. The van der Waals surface area contributed by atoms with E-state index in [1.54, 1.807) is 12.4 Å². The van der Waals surface area contributed by atoms with Crippen LogP contribution in [0.15, 0.2) is 42.7 Å². The second kappa shape index (κ2) is 7.73. The molecule has 3 aromatic rings. The molecule has 150 valence electrons. The van der Waals surface area contributed by atoms with Crippen molar-refractivity contribution in [3.05, 3.63) is 59.4 Å². The van der Waals surface area contributed by atoms with E-state index in [1.165, 1.54) is 11.1 Å². The molecule has 0 spiro atoms. The number of nitrogens with zero attached hydrogens (tertiary/aromatic N) is 6. The molecule has 2 aromatic heterocycles. The van der Waals surface area contributed by atoms with Gasteiger partial charge in [0, 0.05) is 49.8 Å². The van der Waals surface area contributed by atoms with Crippen molar-refractivity contribution in [1.82, 2.24) is 19.9 Å². The highest BCUT2D eigenvalue weighted by molar-refractivity contribution is 5.67. The highest BCUT2D eigenvalue weighted by Gasteiger charge is 2.19. The Kier molecular flexibility index (Phi) is 4.77. The third kappa shape index (κ3) is 3.58. The van der Waals surface area contributed by atoms with E-state index in [1.807, 2.05) is 12.1 Å². The van der Waals surface area contributed by atoms with Crippen molar-refractivity contribution in [2.45, 2.75) is 25.9 Å². The fourth-order valence-corrected chi connectivity index (χ4v) is 4.21. The molecule has 1 saturated heterocycles. The average molecular weight is 397 g/mol. The quantitative estimate of drug-likeness (QED) is 0.719. The van der Waals surface area contributed by atoms with Gasteiger partial charge in [0.25, 0.3) is 0 Å². The molecule has 4 heterocycles. The molecule has 1 aromatic carbocycles. The molecule has 1 N–H and O–H groups in total. The van der Waals surface area contributed by atoms with Gasteiger partial charge in [0.05, 0.1) is 11.3 Å². The maximum Gasteiger partial charge on any atom is 0.227 e. The summed E-state index contributed by atoms with van der Waals surface area (Å²) in [6.07, 6.45) is 5.82. The molecule has 5 rings (SSSR count). The minimum absolute atomic E-state index is 0.529.